The van der Waals surface area contributed by atoms with Crippen molar-refractivity contribution in [1.82, 2.24) is 5.27 Å². The molecule has 1 aliphatic carbocycles. The van der Waals surface area contributed by atoms with Crippen LogP contribution in [-0.4, -0.2) is 28.4 Å². The maximum Gasteiger partial charge on any atom is 0.257 e. The zero-order valence-electron chi connectivity index (χ0n) is 12.1. The number of carbonyl (C=O) groups excluding carboxylic acids is 1. The molecule has 0 saturated heterocycles. The van der Waals surface area contributed by atoms with E-state index in [-0.39, 0.29) is 17.8 Å². The summed E-state index contributed by atoms with van der Waals surface area (Å²) in [7, 11) is 0. The Labute approximate surface area is 127 Å². The number of nitrogens with zero attached hydrogens (tertiary/aromatic N) is 3. The van der Waals surface area contributed by atoms with Gasteiger partial charge in [-0.05, 0) is 18.4 Å². The van der Waals surface area contributed by atoms with Crippen LogP contribution in [0.3, 0.4) is 0 Å². The molecule has 22 heavy (non-hydrogen) atoms. The van der Waals surface area contributed by atoms with E-state index in [0.717, 1.165) is 25.7 Å². The van der Waals surface area contributed by atoms with Crippen LogP contribution in [0, 0.1) is 0 Å². The van der Waals surface area contributed by atoms with Crippen molar-refractivity contribution in [2.45, 2.75) is 37.8 Å². The predicted octanol–water partition coefficient (Wildman–Crippen LogP) is 1.65. The molecule has 7 nitrogen and oxygen atoms in total. The summed E-state index contributed by atoms with van der Waals surface area (Å²) in [4.78, 5) is 13.3. The summed E-state index contributed by atoms with van der Waals surface area (Å²) in [5.74, 6) is -0.270. The summed E-state index contributed by atoms with van der Waals surface area (Å²) in [6, 6.07) is 8.68. The quantitative estimate of drug-likeness (QED) is 0.838. The largest absolute Gasteiger partial charge is 0.584 e. The Morgan fingerprint density at radius 2 is 2.09 bits per heavy atom. The minimum absolute atomic E-state index is 0.0680. The number of hydrogen-bond acceptors (Lipinski definition) is 5. The molecular weight excluding hydrogens is 284 g/mol. The summed E-state index contributed by atoms with van der Waals surface area (Å²) in [5.41, 5.74) is 3.54. The van der Waals surface area contributed by atoms with Gasteiger partial charge in [0.2, 0.25) is 5.27 Å². The number of benzene rings is 1. The van der Waals surface area contributed by atoms with Gasteiger partial charge in [-0.2, -0.15) is 5.43 Å². The van der Waals surface area contributed by atoms with Crippen molar-refractivity contribution < 1.29 is 19.2 Å². The van der Waals surface area contributed by atoms with Gasteiger partial charge in [0.25, 0.3) is 6.20 Å². The van der Waals surface area contributed by atoms with Crippen molar-refractivity contribution in [3.63, 3.8) is 0 Å². The number of nitrogens with one attached hydrogen (secondary N) is 1. The monoisotopic (exact) mass is 302 g/mol. The van der Waals surface area contributed by atoms with Crippen molar-refractivity contribution in [1.29, 1.82) is 0 Å². The van der Waals surface area contributed by atoms with E-state index in [1.165, 1.54) is 11.0 Å². The van der Waals surface area contributed by atoms with Crippen LogP contribution >= 0.6 is 0 Å². The molecule has 7 heteroatoms. The number of aliphatic hydroxyl groups excluding tert-OH is 1. The Hall–Kier alpha value is -2.41. The summed E-state index contributed by atoms with van der Waals surface area (Å²) in [6.07, 6.45) is 4.84. The zero-order valence-corrected chi connectivity index (χ0v) is 12.1. The van der Waals surface area contributed by atoms with E-state index < -0.39 is 6.10 Å². The fourth-order valence-corrected chi connectivity index (χ4v) is 2.52. The highest BCUT2D eigenvalue weighted by Crippen LogP contribution is 2.20. The highest BCUT2D eigenvalue weighted by molar-refractivity contribution is 6.07. The molecule has 116 valence electrons. The predicted molar refractivity (Wildman–Crippen MR) is 78.1 cm³/mol. The SMILES string of the molecule is O=C([N-]c1c[n+](NC2CCCCC2O)no1)c1ccccc1. The van der Waals surface area contributed by atoms with E-state index in [1.807, 2.05) is 6.07 Å². The van der Waals surface area contributed by atoms with Crippen molar-refractivity contribution in [2.75, 3.05) is 5.43 Å². The number of amides is 1. The van der Waals surface area contributed by atoms with Crippen LogP contribution in [0.4, 0.5) is 5.88 Å². The third kappa shape index (κ3) is 3.43. The fraction of sp³-hybridized carbons (Fsp3) is 0.400. The second-order valence-corrected chi connectivity index (χ2v) is 5.36. The molecule has 1 amide bonds. The highest BCUT2D eigenvalue weighted by Gasteiger charge is 2.26. The smallest absolute Gasteiger partial charge is 0.257 e. The summed E-state index contributed by atoms with van der Waals surface area (Å²) in [5, 5.41) is 17.6. The normalized spacial score (nSPS) is 21.3. The Kier molecular flexibility index (Phi) is 4.34. The standard InChI is InChI=1S/C15H18N4O3/c20-13-9-5-4-8-12(13)17-19-10-14(22-18-19)16-15(21)11-6-2-1-3-7-11/h1-3,6-7,10,12-13,20H,4-5,8-9H2,(H-,16,17,18,21). The first-order valence-electron chi connectivity index (χ1n) is 7.37. The van der Waals surface area contributed by atoms with Gasteiger partial charge in [0.1, 0.15) is 11.9 Å². The Bertz CT molecular complexity index is 629. The third-order valence-corrected chi connectivity index (χ3v) is 3.72. The summed E-state index contributed by atoms with van der Waals surface area (Å²) >= 11 is 0. The molecule has 0 bridgehead atoms. The second kappa shape index (κ2) is 6.57. The van der Waals surface area contributed by atoms with Crippen molar-refractivity contribution in [2.24, 2.45) is 0 Å². The maximum absolute atomic E-state index is 11.9. The van der Waals surface area contributed by atoms with Crippen molar-refractivity contribution in [3.8, 4) is 0 Å². The average Bonchev–Trinajstić information content (AvgIpc) is 2.97. The molecule has 1 aliphatic rings. The number of aromatic nitrogens is 2. The van der Waals surface area contributed by atoms with Crippen LogP contribution in [-0.2, 0) is 0 Å². The van der Waals surface area contributed by atoms with Gasteiger partial charge in [0.05, 0.1) is 16.8 Å². The average molecular weight is 302 g/mol. The molecule has 2 atom stereocenters. The van der Waals surface area contributed by atoms with Gasteiger partial charge in [0, 0.05) is 0 Å². The van der Waals surface area contributed by atoms with E-state index in [2.05, 4.69) is 16.0 Å². The minimum atomic E-state index is -0.399. The number of carbonyl (C=O) groups is 1. The molecule has 0 radical (unpaired) electrons. The zero-order chi connectivity index (χ0) is 15.4. The molecule has 1 aromatic carbocycles. The van der Waals surface area contributed by atoms with E-state index in [1.54, 1.807) is 24.3 Å². The van der Waals surface area contributed by atoms with Gasteiger partial charge >= 0.3 is 0 Å². The first kappa shape index (κ1) is 14.5. The van der Waals surface area contributed by atoms with Crippen LogP contribution in [0.15, 0.2) is 41.1 Å². The van der Waals surface area contributed by atoms with E-state index in [9.17, 15) is 9.90 Å². The molecule has 1 fully saturated rings. The van der Waals surface area contributed by atoms with Crippen LogP contribution in [0.25, 0.3) is 5.32 Å². The molecule has 0 spiro atoms. The van der Waals surface area contributed by atoms with E-state index in [0.29, 0.717) is 5.56 Å². The molecule has 1 heterocycles. The minimum Gasteiger partial charge on any atom is -0.584 e. The molecule has 1 aromatic heterocycles. The Morgan fingerprint density at radius 3 is 2.86 bits per heavy atom. The van der Waals surface area contributed by atoms with Crippen molar-refractivity contribution >= 4 is 11.8 Å². The van der Waals surface area contributed by atoms with Gasteiger partial charge in [-0.3, -0.25) is 0 Å². The van der Waals surface area contributed by atoms with E-state index in [4.69, 9.17) is 4.52 Å². The van der Waals surface area contributed by atoms with Crippen LogP contribution < -0.4 is 10.2 Å². The molecule has 0 aliphatic heterocycles. The molecule has 2 aromatic rings. The van der Waals surface area contributed by atoms with Crippen LogP contribution in [0.2, 0.25) is 0 Å². The van der Waals surface area contributed by atoms with Gasteiger partial charge in [-0.25, -0.2) is 0 Å². The fourth-order valence-electron chi connectivity index (χ4n) is 2.52. The second-order valence-electron chi connectivity index (χ2n) is 5.36. The van der Waals surface area contributed by atoms with Gasteiger partial charge < -0.3 is 19.7 Å². The lowest BCUT2D eigenvalue weighted by Crippen LogP contribution is -2.55. The molecule has 3 rings (SSSR count). The maximum atomic E-state index is 11.9. The lowest BCUT2D eigenvalue weighted by molar-refractivity contribution is -0.723. The molecule has 1 saturated carbocycles. The lowest BCUT2D eigenvalue weighted by Gasteiger charge is -2.24. The van der Waals surface area contributed by atoms with Gasteiger partial charge in [-0.1, -0.05) is 43.2 Å². The van der Waals surface area contributed by atoms with Gasteiger partial charge in [-0.15, -0.1) is 0 Å². The molecule has 2 N–H and O–H groups in total. The first-order chi connectivity index (χ1) is 10.7. The first-order valence-corrected chi connectivity index (χ1v) is 7.37. The summed E-state index contributed by atoms with van der Waals surface area (Å²) < 4.78 is 5.01. The van der Waals surface area contributed by atoms with Gasteiger partial charge in [0.15, 0.2) is 0 Å². The highest BCUT2D eigenvalue weighted by atomic mass is 16.5. The lowest BCUT2D eigenvalue weighted by atomic mass is 9.93. The Balaban J connectivity index is 1.60. The molecule has 2 unspecified atom stereocenters. The summed E-state index contributed by atoms with van der Waals surface area (Å²) in [6.45, 7) is 0. The third-order valence-electron chi connectivity index (χ3n) is 3.72. The van der Waals surface area contributed by atoms with Crippen LogP contribution in [0.5, 0.6) is 0 Å². The topological polar surface area (TPSA) is 93.3 Å². The Morgan fingerprint density at radius 1 is 1.32 bits per heavy atom. The molecular formula is C15H18N4O3. The van der Waals surface area contributed by atoms with E-state index >= 15 is 0 Å². The van der Waals surface area contributed by atoms with Crippen molar-refractivity contribution in [3.05, 3.63) is 47.4 Å². The van der Waals surface area contributed by atoms with Crippen LogP contribution in [0.1, 0.15) is 36.0 Å². The number of aliphatic hydroxyl groups is 1. The number of rotatable bonds is 4. The number of hydrogen-bond donors (Lipinski definition) is 2.